The molecule has 108 valence electrons. The number of carbonyl (C=O) groups excluding carboxylic acids is 1. The predicted molar refractivity (Wildman–Crippen MR) is 72.9 cm³/mol. The first-order chi connectivity index (χ1) is 9.70. The minimum absolute atomic E-state index is 0.114. The number of hydrogen-bond acceptors (Lipinski definition) is 4. The van der Waals surface area contributed by atoms with Gasteiger partial charge in [0.2, 0.25) is 11.2 Å². The smallest absolute Gasteiger partial charge is 0.289 e. The second-order valence-electron chi connectivity index (χ2n) is 5.58. The van der Waals surface area contributed by atoms with Crippen LogP contribution in [0.25, 0.3) is 0 Å². The van der Waals surface area contributed by atoms with E-state index in [-0.39, 0.29) is 22.8 Å². The topological polar surface area (TPSA) is 59.8 Å². The van der Waals surface area contributed by atoms with Crippen molar-refractivity contribution in [3.8, 4) is 5.75 Å². The van der Waals surface area contributed by atoms with Gasteiger partial charge in [0, 0.05) is 18.7 Å². The molecule has 1 saturated carbocycles. The summed E-state index contributed by atoms with van der Waals surface area (Å²) in [5.41, 5.74) is -0.318. The maximum Gasteiger partial charge on any atom is 0.289 e. The third-order valence-corrected chi connectivity index (χ3v) is 4.48. The van der Waals surface area contributed by atoms with Crippen molar-refractivity contribution in [1.29, 1.82) is 0 Å². The second kappa shape index (κ2) is 5.31. The Labute approximate surface area is 117 Å². The van der Waals surface area contributed by atoms with Crippen molar-refractivity contribution in [2.45, 2.75) is 38.1 Å². The number of carbonyl (C=O) groups is 1. The second-order valence-corrected chi connectivity index (χ2v) is 5.58. The van der Waals surface area contributed by atoms with Crippen molar-refractivity contribution in [3.05, 3.63) is 28.3 Å². The van der Waals surface area contributed by atoms with Crippen molar-refractivity contribution < 1.29 is 13.9 Å². The number of ether oxygens (including phenoxy) is 1. The highest BCUT2D eigenvalue weighted by atomic mass is 16.5. The van der Waals surface area contributed by atoms with E-state index >= 15 is 0 Å². The Balaban J connectivity index is 1.84. The summed E-state index contributed by atoms with van der Waals surface area (Å²) in [6, 6.07) is 1.56. The fourth-order valence-corrected chi connectivity index (χ4v) is 3.51. The van der Waals surface area contributed by atoms with E-state index in [1.54, 1.807) is 0 Å². The van der Waals surface area contributed by atoms with Crippen LogP contribution in [0.15, 0.2) is 21.5 Å². The molecule has 20 heavy (non-hydrogen) atoms. The van der Waals surface area contributed by atoms with Crippen molar-refractivity contribution in [1.82, 2.24) is 4.90 Å². The van der Waals surface area contributed by atoms with Gasteiger partial charge >= 0.3 is 0 Å². The molecule has 0 bridgehead atoms. The Morgan fingerprint density at radius 2 is 2.15 bits per heavy atom. The molecule has 5 heteroatoms. The SMILES string of the molecule is COc1coc(C(=O)N2CCCC3CCCC32)cc1=O. The Morgan fingerprint density at radius 1 is 1.35 bits per heavy atom. The lowest BCUT2D eigenvalue weighted by Gasteiger charge is -2.37. The molecule has 2 aliphatic rings. The first-order valence-corrected chi connectivity index (χ1v) is 7.18. The van der Waals surface area contributed by atoms with E-state index in [0.29, 0.717) is 12.0 Å². The lowest BCUT2D eigenvalue weighted by molar-refractivity contribution is 0.0513. The van der Waals surface area contributed by atoms with Gasteiger partial charge in [-0.2, -0.15) is 0 Å². The zero-order valence-electron chi connectivity index (χ0n) is 11.6. The number of hydrogen-bond donors (Lipinski definition) is 0. The number of methoxy groups -OCH3 is 1. The number of amides is 1. The van der Waals surface area contributed by atoms with E-state index in [9.17, 15) is 9.59 Å². The van der Waals surface area contributed by atoms with Crippen LogP contribution in [-0.4, -0.2) is 30.5 Å². The van der Waals surface area contributed by atoms with Gasteiger partial charge in [-0.05, 0) is 31.6 Å². The Kier molecular flexibility index (Phi) is 3.51. The van der Waals surface area contributed by atoms with Crippen LogP contribution in [0.2, 0.25) is 0 Å². The third-order valence-electron chi connectivity index (χ3n) is 4.48. The van der Waals surface area contributed by atoms with Gasteiger partial charge in [-0.25, -0.2) is 0 Å². The Hall–Kier alpha value is -1.78. The van der Waals surface area contributed by atoms with E-state index in [2.05, 4.69) is 0 Å². The Morgan fingerprint density at radius 3 is 2.90 bits per heavy atom. The highest BCUT2D eigenvalue weighted by Gasteiger charge is 2.38. The molecule has 2 fully saturated rings. The zero-order chi connectivity index (χ0) is 14.1. The van der Waals surface area contributed by atoms with Crippen molar-refractivity contribution in [2.75, 3.05) is 13.7 Å². The van der Waals surface area contributed by atoms with E-state index in [4.69, 9.17) is 9.15 Å². The molecule has 0 N–H and O–H groups in total. The summed E-state index contributed by atoms with van der Waals surface area (Å²) < 4.78 is 10.1. The fourth-order valence-electron chi connectivity index (χ4n) is 3.51. The zero-order valence-corrected chi connectivity index (χ0v) is 11.6. The molecule has 2 atom stereocenters. The van der Waals surface area contributed by atoms with Gasteiger partial charge in [-0.1, -0.05) is 6.42 Å². The van der Waals surface area contributed by atoms with Gasteiger partial charge in [-0.15, -0.1) is 0 Å². The van der Waals surface area contributed by atoms with Crippen LogP contribution in [0.5, 0.6) is 5.75 Å². The van der Waals surface area contributed by atoms with Crippen LogP contribution in [0.1, 0.15) is 42.7 Å². The van der Waals surface area contributed by atoms with Gasteiger partial charge in [0.1, 0.15) is 6.26 Å². The molecule has 1 amide bonds. The highest BCUT2D eigenvalue weighted by molar-refractivity contribution is 5.91. The first kappa shape index (κ1) is 13.2. The molecule has 0 spiro atoms. The maximum absolute atomic E-state index is 12.5. The molecule has 1 aliphatic heterocycles. The minimum Gasteiger partial charge on any atom is -0.490 e. The predicted octanol–water partition coefficient (Wildman–Crippen LogP) is 2.05. The molecule has 2 unspecified atom stereocenters. The highest BCUT2D eigenvalue weighted by Crippen LogP contribution is 2.37. The van der Waals surface area contributed by atoms with Gasteiger partial charge in [0.25, 0.3) is 5.91 Å². The summed E-state index contributed by atoms with van der Waals surface area (Å²) in [5, 5.41) is 0. The lowest BCUT2D eigenvalue weighted by Crippen LogP contribution is -2.46. The van der Waals surface area contributed by atoms with Gasteiger partial charge < -0.3 is 14.1 Å². The summed E-state index contributed by atoms with van der Waals surface area (Å²) in [6.07, 6.45) is 6.92. The summed E-state index contributed by atoms with van der Waals surface area (Å²) in [6.45, 7) is 0.760. The third kappa shape index (κ3) is 2.21. The molecule has 0 aromatic carbocycles. The average Bonchev–Trinajstić information content (AvgIpc) is 2.94. The molecule has 3 rings (SSSR count). The number of nitrogens with zero attached hydrogens (tertiary/aromatic N) is 1. The normalized spacial score (nSPS) is 25.4. The summed E-state index contributed by atoms with van der Waals surface area (Å²) in [7, 11) is 1.40. The molecule has 0 radical (unpaired) electrons. The number of rotatable bonds is 2. The van der Waals surface area contributed by atoms with Crippen LogP contribution in [0.4, 0.5) is 0 Å². The summed E-state index contributed by atoms with van der Waals surface area (Å²) in [5.74, 6) is 0.696. The van der Waals surface area contributed by atoms with Gasteiger partial charge in [0.15, 0.2) is 5.76 Å². The van der Waals surface area contributed by atoms with Crippen LogP contribution >= 0.6 is 0 Å². The quantitative estimate of drug-likeness (QED) is 0.830. The molecule has 1 saturated heterocycles. The number of likely N-dealkylation sites (tertiary alicyclic amines) is 1. The van der Waals surface area contributed by atoms with Gasteiger partial charge in [0.05, 0.1) is 7.11 Å². The lowest BCUT2D eigenvalue weighted by atomic mass is 9.92. The van der Waals surface area contributed by atoms with E-state index < -0.39 is 0 Å². The molecule has 1 aromatic rings. The van der Waals surface area contributed by atoms with Crippen molar-refractivity contribution >= 4 is 5.91 Å². The number of fused-ring (bicyclic) bond motifs is 1. The van der Waals surface area contributed by atoms with Crippen molar-refractivity contribution in [2.24, 2.45) is 5.92 Å². The first-order valence-electron chi connectivity index (χ1n) is 7.18. The molecule has 2 heterocycles. The monoisotopic (exact) mass is 277 g/mol. The largest absolute Gasteiger partial charge is 0.490 e. The van der Waals surface area contributed by atoms with Crippen LogP contribution in [-0.2, 0) is 0 Å². The van der Waals surface area contributed by atoms with E-state index in [0.717, 1.165) is 19.4 Å². The van der Waals surface area contributed by atoms with E-state index in [1.807, 2.05) is 4.90 Å². The standard InChI is InChI=1S/C15H19NO4/c1-19-14-9-20-13(8-12(14)17)15(18)16-7-3-5-10-4-2-6-11(10)16/h8-11H,2-7H2,1H3. The minimum atomic E-state index is -0.318. The van der Waals surface area contributed by atoms with Crippen LogP contribution in [0.3, 0.4) is 0 Å². The molecule has 1 aromatic heterocycles. The fraction of sp³-hybridized carbons (Fsp3) is 0.600. The average molecular weight is 277 g/mol. The van der Waals surface area contributed by atoms with Gasteiger partial charge in [-0.3, -0.25) is 9.59 Å². The molecular weight excluding hydrogens is 258 g/mol. The van der Waals surface area contributed by atoms with Crippen LogP contribution in [0, 0.1) is 5.92 Å². The summed E-state index contributed by atoms with van der Waals surface area (Å²) >= 11 is 0. The molecule has 1 aliphatic carbocycles. The molecular formula is C15H19NO4. The van der Waals surface area contributed by atoms with Crippen LogP contribution < -0.4 is 10.2 Å². The van der Waals surface area contributed by atoms with E-state index in [1.165, 1.54) is 38.7 Å². The van der Waals surface area contributed by atoms with Crippen molar-refractivity contribution in [3.63, 3.8) is 0 Å². The number of piperidine rings is 1. The Bertz CT molecular complexity index is 565. The molecule has 5 nitrogen and oxygen atoms in total. The summed E-state index contributed by atoms with van der Waals surface area (Å²) in [4.78, 5) is 26.2. The maximum atomic E-state index is 12.5.